The van der Waals surface area contributed by atoms with Crippen molar-refractivity contribution in [2.24, 2.45) is 0 Å². The maximum atomic E-state index is 11.6. The number of terminal acetylenes is 1. The van der Waals surface area contributed by atoms with E-state index in [1.165, 1.54) is 0 Å². The fraction of sp³-hybridized carbons (Fsp3) is 0.357. The van der Waals surface area contributed by atoms with Crippen LogP contribution in [0.4, 0.5) is 0 Å². The van der Waals surface area contributed by atoms with Gasteiger partial charge >= 0.3 is 0 Å². The smallest absolute Gasteiger partial charge is 0.163 e. The minimum absolute atomic E-state index is 0.247. The maximum Gasteiger partial charge on any atom is 0.163 e. The summed E-state index contributed by atoms with van der Waals surface area (Å²) in [5, 5.41) is 0. The molecule has 2 heteroatoms. The quantitative estimate of drug-likeness (QED) is 0.571. The molecule has 1 aromatic rings. The van der Waals surface area contributed by atoms with Crippen LogP contribution in [0.2, 0.25) is 0 Å². The van der Waals surface area contributed by atoms with Crippen LogP contribution in [-0.2, 0) is 6.42 Å². The monoisotopic (exact) mass is 214 g/mol. The predicted molar refractivity (Wildman–Crippen MR) is 62.7 cm³/mol. The number of benzene rings is 1. The third-order valence-electron chi connectivity index (χ3n) is 2.74. The number of aryl methyl sites for hydroxylation is 1. The van der Waals surface area contributed by atoms with Crippen LogP contribution in [0.15, 0.2) is 18.2 Å². The molecule has 0 saturated carbocycles. The topological polar surface area (TPSA) is 26.3 Å². The summed E-state index contributed by atoms with van der Waals surface area (Å²) >= 11 is 0. The Kier molecular flexibility index (Phi) is 3.26. The molecule has 0 unspecified atom stereocenters. The van der Waals surface area contributed by atoms with Crippen molar-refractivity contribution >= 4 is 5.78 Å². The Bertz CT molecular complexity index is 441. The molecule has 0 bridgehead atoms. The molecule has 0 N–H and O–H groups in total. The van der Waals surface area contributed by atoms with Crippen molar-refractivity contribution in [3.63, 3.8) is 0 Å². The highest BCUT2D eigenvalue weighted by Gasteiger charge is 2.17. The van der Waals surface area contributed by atoms with E-state index in [-0.39, 0.29) is 5.78 Å². The Morgan fingerprint density at radius 2 is 2.25 bits per heavy atom. The van der Waals surface area contributed by atoms with Crippen molar-refractivity contribution in [2.75, 3.05) is 6.61 Å². The van der Waals surface area contributed by atoms with E-state index in [2.05, 4.69) is 5.92 Å². The summed E-state index contributed by atoms with van der Waals surface area (Å²) < 4.78 is 5.49. The van der Waals surface area contributed by atoms with Crippen LogP contribution >= 0.6 is 0 Å². The third kappa shape index (κ3) is 2.25. The van der Waals surface area contributed by atoms with Crippen molar-refractivity contribution < 1.29 is 9.53 Å². The molecule has 0 heterocycles. The van der Waals surface area contributed by atoms with E-state index in [1.807, 2.05) is 18.2 Å². The molecule has 1 aromatic carbocycles. The average Bonchev–Trinajstić information content (AvgIpc) is 2.30. The second kappa shape index (κ2) is 4.85. The van der Waals surface area contributed by atoms with Gasteiger partial charge in [0.1, 0.15) is 5.75 Å². The van der Waals surface area contributed by atoms with E-state index in [0.717, 1.165) is 29.7 Å². The maximum absolute atomic E-state index is 11.6. The SMILES string of the molecule is C#CCCOc1ccc2c(c1)CCCC2=O. The second-order valence-corrected chi connectivity index (χ2v) is 3.90. The molecule has 2 nitrogen and oxygen atoms in total. The Hall–Kier alpha value is -1.75. The highest BCUT2D eigenvalue weighted by molar-refractivity contribution is 5.98. The van der Waals surface area contributed by atoms with E-state index in [0.29, 0.717) is 19.4 Å². The number of rotatable bonds is 3. The summed E-state index contributed by atoms with van der Waals surface area (Å²) in [6, 6.07) is 5.67. The lowest BCUT2D eigenvalue weighted by Gasteiger charge is -2.15. The average molecular weight is 214 g/mol. The molecule has 0 amide bonds. The van der Waals surface area contributed by atoms with Gasteiger partial charge in [0.15, 0.2) is 5.78 Å². The minimum Gasteiger partial charge on any atom is -0.493 e. The number of Topliss-reactive ketones (excluding diaryl/α,β-unsaturated/α-hetero) is 1. The predicted octanol–water partition coefficient (Wildman–Crippen LogP) is 2.61. The lowest BCUT2D eigenvalue weighted by atomic mass is 9.91. The number of hydrogen-bond acceptors (Lipinski definition) is 2. The molecular weight excluding hydrogens is 200 g/mol. The molecular formula is C14H14O2. The normalized spacial score (nSPS) is 14.1. The zero-order valence-corrected chi connectivity index (χ0v) is 9.16. The first-order chi connectivity index (χ1) is 7.81. The largest absolute Gasteiger partial charge is 0.493 e. The van der Waals surface area contributed by atoms with Crippen molar-refractivity contribution in [1.29, 1.82) is 0 Å². The zero-order valence-electron chi connectivity index (χ0n) is 9.16. The number of ketones is 1. The molecule has 0 aromatic heterocycles. The van der Waals surface area contributed by atoms with Gasteiger partial charge < -0.3 is 4.74 Å². The number of ether oxygens (including phenoxy) is 1. The fourth-order valence-corrected chi connectivity index (χ4v) is 1.94. The molecule has 0 spiro atoms. The fourth-order valence-electron chi connectivity index (χ4n) is 1.94. The molecule has 0 aliphatic heterocycles. The van der Waals surface area contributed by atoms with Gasteiger partial charge in [-0.2, -0.15) is 0 Å². The van der Waals surface area contributed by atoms with Crippen LogP contribution in [0.25, 0.3) is 0 Å². The lowest BCUT2D eigenvalue weighted by molar-refractivity contribution is 0.0972. The van der Waals surface area contributed by atoms with Crippen molar-refractivity contribution in [2.45, 2.75) is 25.7 Å². The van der Waals surface area contributed by atoms with Gasteiger partial charge in [-0.05, 0) is 36.6 Å². The van der Waals surface area contributed by atoms with Crippen LogP contribution in [0, 0.1) is 12.3 Å². The van der Waals surface area contributed by atoms with Gasteiger partial charge in [-0.15, -0.1) is 12.3 Å². The second-order valence-electron chi connectivity index (χ2n) is 3.90. The highest BCUT2D eigenvalue weighted by atomic mass is 16.5. The minimum atomic E-state index is 0.247. The summed E-state index contributed by atoms with van der Waals surface area (Å²) in [5.41, 5.74) is 1.96. The Morgan fingerprint density at radius 3 is 3.06 bits per heavy atom. The first kappa shape index (κ1) is 10.8. The molecule has 16 heavy (non-hydrogen) atoms. The van der Waals surface area contributed by atoms with Gasteiger partial charge in [0.2, 0.25) is 0 Å². The highest BCUT2D eigenvalue weighted by Crippen LogP contribution is 2.25. The van der Waals surface area contributed by atoms with Gasteiger partial charge in [-0.25, -0.2) is 0 Å². The number of hydrogen-bond donors (Lipinski definition) is 0. The first-order valence-corrected chi connectivity index (χ1v) is 5.53. The molecule has 0 radical (unpaired) electrons. The van der Waals surface area contributed by atoms with E-state index >= 15 is 0 Å². The summed E-state index contributed by atoms with van der Waals surface area (Å²) in [4.78, 5) is 11.6. The van der Waals surface area contributed by atoms with Gasteiger partial charge in [-0.1, -0.05) is 0 Å². The first-order valence-electron chi connectivity index (χ1n) is 5.53. The lowest BCUT2D eigenvalue weighted by Crippen LogP contribution is -2.10. The summed E-state index contributed by atoms with van der Waals surface area (Å²) in [7, 11) is 0. The van der Waals surface area contributed by atoms with Crippen molar-refractivity contribution in [3.05, 3.63) is 29.3 Å². The molecule has 1 aliphatic rings. The number of carbonyl (C=O) groups is 1. The summed E-state index contributed by atoms with van der Waals surface area (Å²) in [6.07, 6.45) is 8.33. The van der Waals surface area contributed by atoms with Gasteiger partial charge in [0, 0.05) is 18.4 Å². The number of fused-ring (bicyclic) bond motifs is 1. The van der Waals surface area contributed by atoms with Gasteiger partial charge in [-0.3, -0.25) is 4.79 Å². The Labute approximate surface area is 95.6 Å². The standard InChI is InChI=1S/C14H14O2/c1-2-3-9-16-12-7-8-13-11(10-12)5-4-6-14(13)15/h1,7-8,10H,3-6,9H2. The van der Waals surface area contributed by atoms with Crippen LogP contribution in [0.1, 0.15) is 35.2 Å². The van der Waals surface area contributed by atoms with Crippen molar-refractivity contribution in [1.82, 2.24) is 0 Å². The van der Waals surface area contributed by atoms with Crippen LogP contribution in [0.5, 0.6) is 5.75 Å². The Balaban J connectivity index is 2.13. The van der Waals surface area contributed by atoms with Crippen molar-refractivity contribution in [3.8, 4) is 18.1 Å². The molecule has 2 rings (SSSR count). The number of carbonyl (C=O) groups excluding carboxylic acids is 1. The summed E-state index contributed by atoms with van der Waals surface area (Å²) in [6.45, 7) is 0.531. The zero-order chi connectivity index (χ0) is 11.4. The summed E-state index contributed by atoms with van der Waals surface area (Å²) in [5.74, 6) is 3.58. The van der Waals surface area contributed by atoms with Gasteiger partial charge in [0.05, 0.1) is 6.61 Å². The van der Waals surface area contributed by atoms with Crippen LogP contribution in [0.3, 0.4) is 0 Å². The van der Waals surface area contributed by atoms with E-state index in [9.17, 15) is 4.79 Å². The van der Waals surface area contributed by atoms with Crippen LogP contribution in [-0.4, -0.2) is 12.4 Å². The Morgan fingerprint density at radius 1 is 1.38 bits per heavy atom. The molecule has 82 valence electrons. The van der Waals surface area contributed by atoms with E-state index in [1.54, 1.807) is 0 Å². The van der Waals surface area contributed by atoms with Gasteiger partial charge in [0.25, 0.3) is 0 Å². The van der Waals surface area contributed by atoms with E-state index in [4.69, 9.17) is 11.2 Å². The third-order valence-corrected chi connectivity index (χ3v) is 2.74. The van der Waals surface area contributed by atoms with Crippen LogP contribution < -0.4 is 4.74 Å². The molecule has 0 fully saturated rings. The molecule has 1 aliphatic carbocycles. The molecule has 0 saturated heterocycles. The molecule has 0 atom stereocenters. The van der Waals surface area contributed by atoms with E-state index < -0.39 is 0 Å².